The van der Waals surface area contributed by atoms with Crippen molar-refractivity contribution in [1.82, 2.24) is 4.90 Å². The first-order valence-electron chi connectivity index (χ1n) is 5.62. The third kappa shape index (κ3) is 3.17. The van der Waals surface area contributed by atoms with Crippen molar-refractivity contribution in [2.24, 2.45) is 0 Å². The van der Waals surface area contributed by atoms with Crippen molar-refractivity contribution in [3.05, 3.63) is 34.7 Å². The highest BCUT2D eigenvalue weighted by Gasteiger charge is 2.33. The van der Waals surface area contributed by atoms with Gasteiger partial charge in [-0.2, -0.15) is 0 Å². The molecule has 1 aromatic rings. The molecule has 0 unspecified atom stereocenters. The zero-order valence-electron chi connectivity index (χ0n) is 10.5. The average Bonchev–Trinajstić information content (AvgIpc) is 2.67. The fourth-order valence-electron chi connectivity index (χ4n) is 1.62. The van der Waals surface area contributed by atoms with Crippen LogP contribution in [0.1, 0.15) is 5.56 Å². The maximum absolute atomic E-state index is 12.0. The molecule has 1 aliphatic heterocycles. The molecule has 1 aromatic carbocycles. The Morgan fingerprint density at radius 3 is 2.65 bits per heavy atom. The van der Waals surface area contributed by atoms with Gasteiger partial charge in [0.15, 0.2) is 0 Å². The number of methoxy groups -OCH3 is 1. The van der Waals surface area contributed by atoms with Gasteiger partial charge in [0.2, 0.25) is 0 Å². The largest absolute Gasteiger partial charge is 0.497 e. The van der Waals surface area contributed by atoms with Crippen molar-refractivity contribution >= 4 is 46.3 Å². The van der Waals surface area contributed by atoms with Crippen LogP contribution in [0.25, 0.3) is 6.08 Å². The molecular formula is C13H11NO4S2. The molecule has 1 aliphatic rings. The summed E-state index contributed by atoms with van der Waals surface area (Å²) < 4.78 is 5.31. The molecule has 104 valence electrons. The number of carboxylic acids is 1. The summed E-state index contributed by atoms with van der Waals surface area (Å²) in [5.41, 5.74) is 0.821. The molecule has 7 heteroatoms. The van der Waals surface area contributed by atoms with Crippen molar-refractivity contribution in [3.63, 3.8) is 0 Å². The molecule has 1 amide bonds. The van der Waals surface area contributed by atoms with E-state index < -0.39 is 12.5 Å². The van der Waals surface area contributed by atoms with E-state index in [-0.39, 0.29) is 10.2 Å². The van der Waals surface area contributed by atoms with Gasteiger partial charge in [0.05, 0.1) is 12.0 Å². The fraction of sp³-hybridized carbons (Fsp3) is 0.154. The van der Waals surface area contributed by atoms with Crippen LogP contribution in [0.4, 0.5) is 0 Å². The quantitative estimate of drug-likeness (QED) is 0.677. The van der Waals surface area contributed by atoms with Crippen molar-refractivity contribution in [1.29, 1.82) is 0 Å². The number of rotatable bonds is 4. The van der Waals surface area contributed by atoms with Crippen molar-refractivity contribution < 1.29 is 19.4 Å². The van der Waals surface area contributed by atoms with E-state index in [9.17, 15) is 9.59 Å². The second-order valence-electron chi connectivity index (χ2n) is 3.93. The summed E-state index contributed by atoms with van der Waals surface area (Å²) in [6.07, 6.45) is 1.68. The molecule has 0 radical (unpaired) electrons. The highest BCUT2D eigenvalue weighted by Crippen LogP contribution is 2.32. The third-order valence-electron chi connectivity index (χ3n) is 2.58. The van der Waals surface area contributed by atoms with Crippen LogP contribution < -0.4 is 4.74 Å². The van der Waals surface area contributed by atoms with Crippen molar-refractivity contribution in [2.75, 3.05) is 13.7 Å². The predicted octanol–water partition coefficient (Wildman–Crippen LogP) is 1.98. The lowest BCUT2D eigenvalue weighted by atomic mass is 10.2. The lowest BCUT2D eigenvalue weighted by Gasteiger charge is -2.10. The van der Waals surface area contributed by atoms with E-state index in [0.29, 0.717) is 4.91 Å². The molecule has 0 saturated carbocycles. The molecule has 1 heterocycles. The van der Waals surface area contributed by atoms with Gasteiger partial charge in [-0.15, -0.1) is 0 Å². The zero-order valence-corrected chi connectivity index (χ0v) is 12.2. The number of carboxylic acid groups (broad SMARTS) is 1. The minimum Gasteiger partial charge on any atom is -0.497 e. The fourth-order valence-corrected chi connectivity index (χ4v) is 2.88. The van der Waals surface area contributed by atoms with Gasteiger partial charge < -0.3 is 9.84 Å². The van der Waals surface area contributed by atoms with E-state index in [2.05, 4.69) is 0 Å². The van der Waals surface area contributed by atoms with Crippen LogP contribution in [0.15, 0.2) is 29.2 Å². The number of carbonyl (C=O) groups is 2. The first-order valence-corrected chi connectivity index (χ1v) is 6.85. The smallest absolute Gasteiger partial charge is 0.323 e. The Labute approximate surface area is 125 Å². The first-order chi connectivity index (χ1) is 9.51. The number of benzene rings is 1. The Morgan fingerprint density at radius 2 is 2.10 bits per heavy atom. The molecular weight excluding hydrogens is 298 g/mol. The van der Waals surface area contributed by atoms with Gasteiger partial charge >= 0.3 is 5.97 Å². The van der Waals surface area contributed by atoms with Crippen LogP contribution >= 0.6 is 24.0 Å². The number of ether oxygens (including phenoxy) is 1. The topological polar surface area (TPSA) is 66.8 Å². The van der Waals surface area contributed by atoms with E-state index in [0.717, 1.165) is 28.0 Å². The Balaban J connectivity index is 2.20. The lowest BCUT2D eigenvalue weighted by Crippen LogP contribution is -2.33. The lowest BCUT2D eigenvalue weighted by molar-refractivity contribution is -0.140. The molecule has 0 aliphatic carbocycles. The molecule has 1 N–H and O–H groups in total. The number of amides is 1. The van der Waals surface area contributed by atoms with Crippen LogP contribution in [-0.2, 0) is 9.59 Å². The summed E-state index contributed by atoms with van der Waals surface area (Å²) in [7, 11) is 1.58. The Bertz CT molecular complexity index is 595. The molecule has 2 rings (SSSR count). The molecule has 1 fully saturated rings. The standard InChI is InChI=1S/C13H11NO4S2/c1-18-9-4-2-8(3-5-9)6-10-12(17)14(7-11(15)16)13(19)20-10/h2-6H,7H2,1H3,(H,15,16)/b10-6-. The number of nitrogens with zero attached hydrogens (tertiary/aromatic N) is 1. The van der Waals surface area contributed by atoms with Crippen LogP contribution in [0.3, 0.4) is 0 Å². The Hall–Kier alpha value is -1.86. The van der Waals surface area contributed by atoms with Gasteiger partial charge in [-0.1, -0.05) is 36.1 Å². The average molecular weight is 309 g/mol. The van der Waals surface area contributed by atoms with Crippen LogP contribution in [0.5, 0.6) is 5.75 Å². The van der Waals surface area contributed by atoms with Gasteiger partial charge in [0.25, 0.3) is 5.91 Å². The highest BCUT2D eigenvalue weighted by atomic mass is 32.2. The first kappa shape index (κ1) is 14.5. The van der Waals surface area contributed by atoms with Gasteiger partial charge in [-0.3, -0.25) is 14.5 Å². The summed E-state index contributed by atoms with van der Waals surface area (Å²) >= 11 is 6.12. The van der Waals surface area contributed by atoms with Crippen LogP contribution in [0, 0.1) is 0 Å². The summed E-state index contributed by atoms with van der Waals surface area (Å²) in [6, 6.07) is 7.18. The number of thiocarbonyl (C=S) groups is 1. The Morgan fingerprint density at radius 1 is 1.45 bits per heavy atom. The summed E-state index contributed by atoms with van der Waals surface area (Å²) in [5.74, 6) is -0.745. The number of hydrogen-bond donors (Lipinski definition) is 1. The number of aliphatic carboxylic acids is 1. The number of hydrogen-bond acceptors (Lipinski definition) is 5. The van der Waals surface area contributed by atoms with Gasteiger partial charge in [-0.05, 0) is 23.8 Å². The molecule has 0 bridgehead atoms. The highest BCUT2D eigenvalue weighted by molar-refractivity contribution is 8.26. The van der Waals surface area contributed by atoms with Gasteiger partial charge in [0, 0.05) is 0 Å². The monoisotopic (exact) mass is 309 g/mol. The van der Waals surface area contributed by atoms with E-state index in [4.69, 9.17) is 22.1 Å². The summed E-state index contributed by atoms with van der Waals surface area (Å²) in [6.45, 7) is -0.412. The van der Waals surface area contributed by atoms with Crippen LogP contribution in [-0.4, -0.2) is 39.9 Å². The minimum atomic E-state index is -1.09. The third-order valence-corrected chi connectivity index (χ3v) is 3.96. The minimum absolute atomic E-state index is 0.261. The van der Waals surface area contributed by atoms with Crippen LogP contribution in [0.2, 0.25) is 0 Å². The predicted molar refractivity (Wildman–Crippen MR) is 80.5 cm³/mol. The van der Waals surface area contributed by atoms with Gasteiger partial charge in [0.1, 0.15) is 16.6 Å². The summed E-state index contributed by atoms with van der Waals surface area (Å²) in [5, 5.41) is 8.75. The van der Waals surface area contributed by atoms with Gasteiger partial charge in [-0.25, -0.2) is 0 Å². The SMILES string of the molecule is COc1ccc(/C=C2\SC(=S)N(CC(=O)O)C2=O)cc1. The molecule has 5 nitrogen and oxygen atoms in total. The molecule has 1 saturated heterocycles. The Kier molecular flexibility index (Phi) is 4.41. The maximum atomic E-state index is 12.0. The summed E-state index contributed by atoms with van der Waals surface area (Å²) in [4.78, 5) is 24.2. The van der Waals surface area contributed by atoms with E-state index >= 15 is 0 Å². The van der Waals surface area contributed by atoms with E-state index in [1.165, 1.54) is 0 Å². The van der Waals surface area contributed by atoms with Crippen molar-refractivity contribution in [3.8, 4) is 5.75 Å². The molecule has 0 spiro atoms. The molecule has 20 heavy (non-hydrogen) atoms. The second kappa shape index (κ2) is 6.06. The maximum Gasteiger partial charge on any atom is 0.323 e. The molecule has 0 aromatic heterocycles. The number of carbonyl (C=O) groups excluding carboxylic acids is 1. The zero-order chi connectivity index (χ0) is 14.7. The van der Waals surface area contributed by atoms with E-state index in [1.54, 1.807) is 25.3 Å². The molecule has 0 atom stereocenters. The van der Waals surface area contributed by atoms with Crippen molar-refractivity contribution in [2.45, 2.75) is 0 Å². The second-order valence-corrected chi connectivity index (χ2v) is 5.61. The number of thioether (sulfide) groups is 1. The van der Waals surface area contributed by atoms with E-state index in [1.807, 2.05) is 12.1 Å². The normalized spacial score (nSPS) is 16.9.